The molecule has 1 rings (SSSR count). The van der Waals surface area contributed by atoms with Gasteiger partial charge in [0.2, 0.25) is 0 Å². The third-order valence-corrected chi connectivity index (χ3v) is 0.723. The maximum Gasteiger partial charge on any atom is 0.389 e. The Hall–Kier alpha value is -0.860. The maximum atomic E-state index is 4.44. The van der Waals surface area contributed by atoms with Gasteiger partial charge in [0.15, 0.2) is 5.16 Å². The van der Waals surface area contributed by atoms with Gasteiger partial charge >= 0.3 is 12.2 Å². The Morgan fingerprint density at radius 3 is 3.14 bits per heavy atom. The van der Waals surface area contributed by atoms with Crippen LogP contribution in [-0.2, 0) is 4.84 Å². The van der Waals surface area contributed by atoms with Crippen molar-refractivity contribution in [3.05, 3.63) is 0 Å². The van der Waals surface area contributed by atoms with E-state index in [2.05, 4.69) is 15.0 Å². The third kappa shape index (κ3) is 0.765. The van der Waals surface area contributed by atoms with Gasteiger partial charge in [0.1, 0.15) is 0 Å². The van der Waals surface area contributed by atoms with Crippen LogP contribution in [-0.4, -0.2) is 12.2 Å². The summed E-state index contributed by atoms with van der Waals surface area (Å²) in [6.07, 6.45) is 2.18. The van der Waals surface area contributed by atoms with Gasteiger partial charge in [-0.25, -0.2) is 4.84 Å². The lowest BCUT2D eigenvalue weighted by molar-refractivity contribution is 0.355. The van der Waals surface area contributed by atoms with Crippen molar-refractivity contribution in [3.63, 3.8) is 0 Å². The van der Waals surface area contributed by atoms with E-state index in [0.29, 0.717) is 0 Å². The van der Waals surface area contributed by atoms with Crippen molar-refractivity contribution in [1.29, 1.82) is 0 Å². The molecule has 0 aromatic carbocycles. The number of oxime groups is 1. The summed E-state index contributed by atoms with van der Waals surface area (Å²) >= 11 is 0. The summed E-state index contributed by atoms with van der Waals surface area (Å²) in [7, 11) is 0. The van der Waals surface area contributed by atoms with Crippen molar-refractivity contribution < 1.29 is 4.84 Å². The first-order valence-electron chi connectivity index (χ1n) is 2.18. The first kappa shape index (κ1) is 4.30. The zero-order chi connectivity index (χ0) is 5.11. The molecule has 3 nitrogen and oxygen atoms in total. The highest BCUT2D eigenvalue weighted by Gasteiger charge is 2.11. The van der Waals surface area contributed by atoms with Crippen LogP contribution in [0.3, 0.4) is 0 Å². The molecule has 1 radical (unpaired) electrons. The van der Waals surface area contributed by atoms with Crippen molar-refractivity contribution in [2.45, 2.75) is 13.3 Å². The van der Waals surface area contributed by atoms with Crippen LogP contribution in [0.15, 0.2) is 5.16 Å². The average Bonchev–Trinajstić information content (AvgIpc) is 2.14. The second-order valence-corrected chi connectivity index (χ2v) is 1.20. The van der Waals surface area contributed by atoms with E-state index in [4.69, 9.17) is 0 Å². The Morgan fingerprint density at radius 2 is 2.86 bits per heavy atom. The Kier molecular flexibility index (Phi) is 1.06. The quantitative estimate of drug-likeness (QED) is 0.458. The van der Waals surface area contributed by atoms with Crippen LogP contribution in [0.5, 0.6) is 0 Å². The number of aliphatic imine (C=N–C) groups is 1. The summed E-state index contributed by atoms with van der Waals surface area (Å²) in [4.78, 5) is 8.20. The van der Waals surface area contributed by atoms with Crippen molar-refractivity contribution in [1.82, 2.24) is 4.99 Å². The van der Waals surface area contributed by atoms with E-state index in [1.165, 1.54) is 6.40 Å². The smallest absolute Gasteiger partial charge is 0.217 e. The first-order valence-corrected chi connectivity index (χ1v) is 2.18. The van der Waals surface area contributed by atoms with E-state index >= 15 is 0 Å². The lowest BCUT2D eigenvalue weighted by atomic mass is 10.5. The maximum absolute atomic E-state index is 4.44. The number of rotatable bonds is 1. The van der Waals surface area contributed by atoms with Gasteiger partial charge in [-0.2, -0.15) is 0 Å². The zero-order valence-corrected chi connectivity index (χ0v) is 4.09. The van der Waals surface area contributed by atoms with Gasteiger partial charge in [0.25, 0.3) is 0 Å². The fraction of sp³-hybridized carbons (Fsp3) is 0.500. The van der Waals surface area contributed by atoms with Crippen LogP contribution in [0, 0.1) is 0 Å². The van der Waals surface area contributed by atoms with E-state index in [1.807, 2.05) is 6.92 Å². The van der Waals surface area contributed by atoms with Crippen LogP contribution in [0.4, 0.5) is 0 Å². The molecule has 0 saturated heterocycles. The summed E-state index contributed by atoms with van der Waals surface area (Å²) in [6, 6.07) is 0. The largest absolute Gasteiger partial charge is 0.389 e. The van der Waals surface area contributed by atoms with Gasteiger partial charge in [-0.05, 0) is 4.99 Å². The van der Waals surface area contributed by atoms with Crippen molar-refractivity contribution in [3.8, 4) is 0 Å². The molecule has 0 spiro atoms. The molecule has 1 aliphatic rings. The molecule has 37 valence electrons. The fourth-order valence-electron chi connectivity index (χ4n) is 0.348. The van der Waals surface area contributed by atoms with Gasteiger partial charge < -0.3 is 0 Å². The summed E-state index contributed by atoms with van der Waals surface area (Å²) in [5, 5.41) is 3.55. The van der Waals surface area contributed by atoms with Crippen molar-refractivity contribution in [2.75, 3.05) is 0 Å². The van der Waals surface area contributed by atoms with Gasteiger partial charge in [-0.3, -0.25) is 0 Å². The average molecular weight is 98.1 g/mol. The second kappa shape index (κ2) is 1.73. The molecule has 1 aliphatic heterocycles. The minimum absolute atomic E-state index is 0.764. The van der Waals surface area contributed by atoms with E-state index in [0.717, 1.165) is 12.3 Å². The SMILES string of the molecule is CCC1=NOC=[N+]1. The molecule has 0 unspecified atom stereocenters. The van der Waals surface area contributed by atoms with Gasteiger partial charge in [0.05, 0.1) is 6.42 Å². The Balaban J connectivity index is 2.52. The summed E-state index contributed by atoms with van der Waals surface area (Å²) in [6.45, 7) is 1.98. The van der Waals surface area contributed by atoms with Gasteiger partial charge in [-0.1, -0.05) is 6.92 Å². The van der Waals surface area contributed by atoms with Gasteiger partial charge in [0, 0.05) is 0 Å². The van der Waals surface area contributed by atoms with E-state index in [-0.39, 0.29) is 0 Å². The normalized spacial score (nSPS) is 16.4. The van der Waals surface area contributed by atoms with E-state index < -0.39 is 0 Å². The van der Waals surface area contributed by atoms with Crippen molar-refractivity contribution in [2.24, 2.45) is 5.16 Å². The predicted molar refractivity (Wildman–Crippen MR) is 27.0 cm³/mol. The molecule has 7 heavy (non-hydrogen) atoms. The molecule has 0 atom stereocenters. The number of nitrogens with zero attached hydrogens (tertiary/aromatic N) is 2. The van der Waals surface area contributed by atoms with Crippen LogP contribution in [0.1, 0.15) is 13.3 Å². The molecule has 0 amide bonds. The minimum atomic E-state index is 0.764. The highest BCUT2D eigenvalue weighted by molar-refractivity contribution is 5.87. The molecular weight excluding hydrogens is 92.1 g/mol. The molecule has 0 aliphatic carbocycles. The Bertz CT molecular complexity index is 117. The minimum Gasteiger partial charge on any atom is -0.217 e. The first-order chi connectivity index (χ1) is 3.43. The molecule has 3 heteroatoms. The van der Waals surface area contributed by atoms with Crippen LogP contribution < -0.4 is 4.99 Å². The molecular formula is C4H6N2O+. The molecule has 0 fully saturated rings. The van der Waals surface area contributed by atoms with Crippen LogP contribution >= 0.6 is 0 Å². The molecule has 0 bridgehead atoms. The zero-order valence-electron chi connectivity index (χ0n) is 4.09. The molecule has 0 N–H and O–H groups in total. The predicted octanol–water partition coefficient (Wildman–Crippen LogP) is 0.104. The highest BCUT2D eigenvalue weighted by Crippen LogP contribution is 1.85. The third-order valence-electron chi connectivity index (χ3n) is 0.723. The second-order valence-electron chi connectivity index (χ2n) is 1.20. The number of hydrogen-bond acceptors (Lipinski definition) is 3. The number of hydrogen-bond donors (Lipinski definition) is 0. The van der Waals surface area contributed by atoms with Crippen LogP contribution in [0.25, 0.3) is 0 Å². The topological polar surface area (TPSA) is 35.7 Å². The fourth-order valence-corrected chi connectivity index (χ4v) is 0.348. The molecule has 1 heterocycles. The standard InChI is InChI=1S/C4H6N2O/c1-2-4-5-3-7-6-4/h3H,2H2,1H3/q+1. The summed E-state index contributed by atoms with van der Waals surface area (Å²) in [5.41, 5.74) is 0. The lowest BCUT2D eigenvalue weighted by Crippen LogP contribution is -1.96. The lowest BCUT2D eigenvalue weighted by Gasteiger charge is -1.63. The molecule has 0 aromatic rings. The summed E-state index contributed by atoms with van der Waals surface area (Å²) in [5.74, 6) is 0.764. The summed E-state index contributed by atoms with van der Waals surface area (Å²) < 4.78 is 0. The molecule has 0 saturated carbocycles. The Morgan fingerprint density at radius 1 is 2.00 bits per heavy atom. The molecule has 0 aromatic heterocycles. The van der Waals surface area contributed by atoms with Crippen LogP contribution in [0.2, 0.25) is 0 Å². The monoisotopic (exact) mass is 98.0 g/mol. The van der Waals surface area contributed by atoms with Gasteiger partial charge in [-0.15, -0.1) is 0 Å². The Labute approximate surface area is 41.7 Å². The van der Waals surface area contributed by atoms with E-state index in [1.54, 1.807) is 0 Å². The van der Waals surface area contributed by atoms with Crippen molar-refractivity contribution >= 4 is 12.2 Å². The van der Waals surface area contributed by atoms with E-state index in [9.17, 15) is 0 Å². The number of amidine groups is 1. The highest BCUT2D eigenvalue weighted by atomic mass is 16.6.